The molecular weight excluding hydrogens is 252 g/mol. The van der Waals surface area contributed by atoms with Gasteiger partial charge in [0.2, 0.25) is 0 Å². The molecule has 0 atom stereocenters. The lowest BCUT2D eigenvalue weighted by Gasteiger charge is -2.22. The molecule has 0 aliphatic rings. The first kappa shape index (κ1) is 16.9. The summed E-state index contributed by atoms with van der Waals surface area (Å²) in [6.07, 6.45) is 0.767. The van der Waals surface area contributed by atoms with Crippen molar-refractivity contribution in [1.29, 1.82) is 0 Å². The summed E-state index contributed by atoms with van der Waals surface area (Å²) in [4.78, 5) is 12.2. The molecule has 0 N–H and O–H groups in total. The van der Waals surface area contributed by atoms with Gasteiger partial charge in [-0.25, -0.2) is 0 Å². The first-order valence-electron chi connectivity index (χ1n) is 7.01. The Labute approximate surface area is 122 Å². The van der Waals surface area contributed by atoms with Crippen LogP contribution in [0.15, 0.2) is 12.1 Å². The predicted octanol–water partition coefficient (Wildman–Crippen LogP) is 3.63. The third kappa shape index (κ3) is 4.73. The summed E-state index contributed by atoms with van der Waals surface area (Å²) >= 11 is 0. The monoisotopic (exact) mass is 278 g/mol. The number of carbonyl (C=O) groups excluding carboxylic acids is 1. The zero-order valence-electron chi connectivity index (χ0n) is 13.5. The van der Waals surface area contributed by atoms with Crippen LogP contribution < -0.4 is 0 Å². The van der Waals surface area contributed by atoms with Gasteiger partial charge in [-0.05, 0) is 63.8 Å². The van der Waals surface area contributed by atoms with Crippen LogP contribution >= 0.6 is 0 Å². The topological polar surface area (TPSA) is 35.5 Å². The smallest absolute Gasteiger partial charge is 0.188 e. The molecule has 0 heterocycles. The van der Waals surface area contributed by atoms with Gasteiger partial charge in [-0.2, -0.15) is 0 Å². The number of ether oxygens (including phenoxy) is 2. The molecule has 1 aromatic rings. The van der Waals surface area contributed by atoms with E-state index in [0.29, 0.717) is 6.61 Å². The molecule has 0 saturated heterocycles. The molecule has 3 heteroatoms. The van der Waals surface area contributed by atoms with Gasteiger partial charge in [0.25, 0.3) is 0 Å². The lowest BCUT2D eigenvalue weighted by atomic mass is 9.98. The van der Waals surface area contributed by atoms with E-state index in [1.54, 1.807) is 7.11 Å². The summed E-state index contributed by atoms with van der Waals surface area (Å²) in [6, 6.07) is 4.01. The van der Waals surface area contributed by atoms with Crippen LogP contribution in [0.2, 0.25) is 0 Å². The number of rotatable bonds is 7. The van der Waals surface area contributed by atoms with Crippen molar-refractivity contribution in [3.63, 3.8) is 0 Å². The van der Waals surface area contributed by atoms with E-state index in [0.717, 1.165) is 23.1 Å². The molecule has 1 aromatic carbocycles. The summed E-state index contributed by atoms with van der Waals surface area (Å²) in [7, 11) is 1.68. The predicted molar refractivity (Wildman–Crippen MR) is 81.5 cm³/mol. The summed E-state index contributed by atoms with van der Waals surface area (Å²) in [6.45, 7) is 10.7. The maximum atomic E-state index is 12.2. The van der Waals surface area contributed by atoms with Crippen LogP contribution in [0.5, 0.6) is 0 Å². The highest BCUT2D eigenvalue weighted by Crippen LogP contribution is 2.16. The minimum atomic E-state index is -0.209. The van der Waals surface area contributed by atoms with Crippen LogP contribution in [-0.2, 0) is 9.47 Å². The van der Waals surface area contributed by atoms with Crippen LogP contribution in [0.3, 0.4) is 0 Å². The van der Waals surface area contributed by atoms with Gasteiger partial charge in [0.15, 0.2) is 5.78 Å². The van der Waals surface area contributed by atoms with Crippen molar-refractivity contribution >= 4 is 5.78 Å². The molecule has 0 radical (unpaired) electrons. The highest BCUT2D eigenvalue weighted by molar-refractivity contribution is 5.98. The van der Waals surface area contributed by atoms with E-state index in [1.807, 2.05) is 33.8 Å². The zero-order chi connectivity index (χ0) is 15.3. The van der Waals surface area contributed by atoms with Gasteiger partial charge in [0, 0.05) is 19.3 Å². The van der Waals surface area contributed by atoms with Gasteiger partial charge in [0.05, 0.1) is 5.60 Å². The van der Waals surface area contributed by atoms with Crippen LogP contribution in [0.1, 0.15) is 47.3 Å². The average molecular weight is 278 g/mol. The van der Waals surface area contributed by atoms with E-state index in [9.17, 15) is 4.79 Å². The van der Waals surface area contributed by atoms with Gasteiger partial charge in [-0.15, -0.1) is 0 Å². The van der Waals surface area contributed by atoms with Crippen molar-refractivity contribution in [1.82, 2.24) is 0 Å². The van der Waals surface area contributed by atoms with Crippen molar-refractivity contribution in [2.45, 2.75) is 46.6 Å². The summed E-state index contributed by atoms with van der Waals surface area (Å²) in [5.41, 5.74) is 3.92. The average Bonchev–Trinajstić information content (AvgIpc) is 2.38. The molecule has 0 aromatic heterocycles. The summed E-state index contributed by atoms with van der Waals surface area (Å²) in [5, 5.41) is 0. The van der Waals surface area contributed by atoms with E-state index >= 15 is 0 Å². The largest absolute Gasteiger partial charge is 0.379 e. The van der Waals surface area contributed by atoms with Crippen molar-refractivity contribution < 1.29 is 14.3 Å². The van der Waals surface area contributed by atoms with E-state index in [1.165, 1.54) is 5.56 Å². The number of hydrogen-bond donors (Lipinski definition) is 0. The molecule has 0 aliphatic heterocycles. The fraction of sp³-hybridized carbons (Fsp3) is 0.588. The Hall–Kier alpha value is -1.19. The van der Waals surface area contributed by atoms with Gasteiger partial charge in [-0.1, -0.05) is 6.07 Å². The molecule has 0 aliphatic carbocycles. The third-order valence-corrected chi connectivity index (χ3v) is 3.78. The van der Waals surface area contributed by atoms with Crippen LogP contribution in [0.25, 0.3) is 0 Å². The number of ketones is 1. The Morgan fingerprint density at radius 2 is 1.70 bits per heavy atom. The number of methoxy groups -OCH3 is 1. The van der Waals surface area contributed by atoms with Crippen LogP contribution in [-0.4, -0.2) is 31.7 Å². The minimum absolute atomic E-state index is 0.0424. The molecule has 0 saturated carbocycles. The fourth-order valence-electron chi connectivity index (χ4n) is 1.92. The second-order valence-corrected chi connectivity index (χ2v) is 5.94. The minimum Gasteiger partial charge on any atom is -0.379 e. The fourth-order valence-corrected chi connectivity index (χ4v) is 1.92. The van der Waals surface area contributed by atoms with Gasteiger partial charge in [-0.3, -0.25) is 4.79 Å². The highest BCUT2D eigenvalue weighted by atomic mass is 16.5. The number of carbonyl (C=O) groups is 1. The second-order valence-electron chi connectivity index (χ2n) is 5.94. The Kier molecular flexibility index (Phi) is 5.90. The number of Topliss-reactive ketones (excluding diaryl/α,β-unsaturated/α-hetero) is 1. The normalized spacial score (nSPS) is 11.7. The second kappa shape index (κ2) is 7.00. The van der Waals surface area contributed by atoms with Gasteiger partial charge in [0.1, 0.15) is 6.61 Å². The Morgan fingerprint density at radius 1 is 1.10 bits per heavy atom. The SMILES string of the molecule is COC(C)(C)CCOCC(=O)c1cc(C)c(C)cc1C. The Balaban J connectivity index is 2.54. The molecule has 3 nitrogen and oxygen atoms in total. The van der Waals surface area contributed by atoms with Crippen molar-refractivity contribution in [3.05, 3.63) is 34.4 Å². The van der Waals surface area contributed by atoms with E-state index in [2.05, 4.69) is 13.0 Å². The standard InChI is InChI=1S/C17H26O3/c1-12-9-14(3)15(10-13(12)2)16(18)11-20-8-7-17(4,5)19-6/h9-10H,7-8,11H2,1-6H3. The first-order valence-corrected chi connectivity index (χ1v) is 7.01. The Morgan fingerprint density at radius 3 is 2.30 bits per heavy atom. The molecular formula is C17H26O3. The van der Waals surface area contributed by atoms with E-state index in [-0.39, 0.29) is 18.0 Å². The van der Waals surface area contributed by atoms with Crippen LogP contribution in [0, 0.1) is 20.8 Å². The summed E-state index contributed by atoms with van der Waals surface area (Å²) in [5.74, 6) is 0.0424. The summed E-state index contributed by atoms with van der Waals surface area (Å²) < 4.78 is 10.8. The van der Waals surface area contributed by atoms with E-state index < -0.39 is 0 Å². The lowest BCUT2D eigenvalue weighted by molar-refractivity contribution is -0.00837. The van der Waals surface area contributed by atoms with Gasteiger partial charge < -0.3 is 9.47 Å². The van der Waals surface area contributed by atoms with Gasteiger partial charge >= 0.3 is 0 Å². The third-order valence-electron chi connectivity index (χ3n) is 3.78. The number of aryl methyl sites for hydroxylation is 3. The number of benzene rings is 1. The number of hydrogen-bond acceptors (Lipinski definition) is 3. The lowest BCUT2D eigenvalue weighted by Crippen LogP contribution is -2.25. The molecule has 0 fully saturated rings. The maximum absolute atomic E-state index is 12.2. The van der Waals surface area contributed by atoms with E-state index in [4.69, 9.17) is 9.47 Å². The first-order chi connectivity index (χ1) is 9.26. The maximum Gasteiger partial charge on any atom is 0.188 e. The molecule has 0 spiro atoms. The molecule has 0 unspecified atom stereocenters. The Bertz CT molecular complexity index is 475. The molecule has 112 valence electrons. The molecule has 1 rings (SSSR count). The molecule has 20 heavy (non-hydrogen) atoms. The highest BCUT2D eigenvalue weighted by Gasteiger charge is 2.16. The van der Waals surface area contributed by atoms with Crippen molar-refractivity contribution in [2.24, 2.45) is 0 Å². The van der Waals surface area contributed by atoms with Crippen molar-refractivity contribution in [3.8, 4) is 0 Å². The van der Waals surface area contributed by atoms with Crippen molar-refractivity contribution in [2.75, 3.05) is 20.3 Å². The quantitative estimate of drug-likeness (QED) is 0.564. The molecule has 0 amide bonds. The zero-order valence-corrected chi connectivity index (χ0v) is 13.5. The molecule has 0 bridgehead atoms. The van der Waals surface area contributed by atoms with Crippen LogP contribution in [0.4, 0.5) is 0 Å².